The minimum absolute atomic E-state index is 0.223. The zero-order valence-electron chi connectivity index (χ0n) is 11.4. The van der Waals surface area contributed by atoms with Gasteiger partial charge in [-0.3, -0.25) is 9.58 Å². The van der Waals surface area contributed by atoms with Crippen LogP contribution in [0.1, 0.15) is 12.6 Å². The molecule has 0 radical (unpaired) electrons. The number of aryl methyl sites for hydroxylation is 1. The fourth-order valence-corrected chi connectivity index (χ4v) is 2.82. The number of halogens is 3. The number of hydrogen-bond donors (Lipinski definition) is 0. The topological polar surface area (TPSA) is 21.1 Å². The fraction of sp³-hybridized carbons (Fsp3) is 0.500. The van der Waals surface area contributed by atoms with Gasteiger partial charge in [-0.15, -0.1) is 0 Å². The van der Waals surface area contributed by atoms with E-state index in [-0.39, 0.29) is 6.54 Å². The van der Waals surface area contributed by atoms with Crippen LogP contribution < -0.4 is 0 Å². The smallest absolute Gasteiger partial charge is 0.251 e. The second-order valence-corrected chi connectivity index (χ2v) is 5.39. The lowest BCUT2D eigenvalue weighted by Gasteiger charge is -2.19. The average molecular weight is 346 g/mol. The highest BCUT2D eigenvalue weighted by atomic mass is 79.9. The molecule has 0 fully saturated rings. The Morgan fingerprint density at radius 1 is 1.35 bits per heavy atom. The highest BCUT2D eigenvalue weighted by Crippen LogP contribution is 2.20. The quantitative estimate of drug-likeness (QED) is 0.716. The first-order valence-electron chi connectivity index (χ1n) is 6.66. The Morgan fingerprint density at radius 2 is 2.10 bits per heavy atom. The number of rotatable bonds is 7. The lowest BCUT2D eigenvalue weighted by Crippen LogP contribution is -2.30. The van der Waals surface area contributed by atoms with E-state index in [1.807, 2.05) is 35.9 Å². The predicted molar refractivity (Wildman–Crippen MR) is 80.5 cm³/mol. The van der Waals surface area contributed by atoms with E-state index in [4.69, 9.17) is 0 Å². The van der Waals surface area contributed by atoms with Crippen molar-refractivity contribution in [1.82, 2.24) is 14.7 Å². The lowest BCUT2D eigenvalue weighted by atomic mass is 10.2. The van der Waals surface area contributed by atoms with Gasteiger partial charge in [0.05, 0.1) is 17.8 Å². The first-order valence-corrected chi connectivity index (χ1v) is 7.78. The molecule has 0 N–H and O–H groups in total. The minimum Gasteiger partial charge on any atom is -0.291 e. The van der Waals surface area contributed by atoms with Crippen molar-refractivity contribution in [1.29, 1.82) is 0 Å². The van der Waals surface area contributed by atoms with Crippen LogP contribution in [0, 0.1) is 0 Å². The molecule has 3 nitrogen and oxygen atoms in total. The van der Waals surface area contributed by atoms with Gasteiger partial charge in [-0.25, -0.2) is 8.78 Å². The molecule has 0 saturated carbocycles. The molecule has 0 aliphatic carbocycles. The van der Waals surface area contributed by atoms with E-state index in [1.165, 1.54) is 0 Å². The van der Waals surface area contributed by atoms with Crippen LogP contribution in [-0.2, 0) is 13.1 Å². The zero-order chi connectivity index (χ0) is 14.5. The molecule has 0 aliphatic heterocycles. The molecule has 1 heterocycles. The van der Waals surface area contributed by atoms with Crippen molar-refractivity contribution in [3.8, 4) is 0 Å². The van der Waals surface area contributed by atoms with E-state index in [0.29, 0.717) is 18.4 Å². The van der Waals surface area contributed by atoms with Gasteiger partial charge in [0.1, 0.15) is 0 Å². The molecule has 1 aromatic heterocycles. The molecule has 0 amide bonds. The summed E-state index contributed by atoms with van der Waals surface area (Å²) >= 11 is 3.31. The van der Waals surface area contributed by atoms with Crippen LogP contribution in [0.2, 0.25) is 0 Å². The van der Waals surface area contributed by atoms with E-state index in [1.54, 1.807) is 4.90 Å². The van der Waals surface area contributed by atoms with Crippen LogP contribution in [0.5, 0.6) is 0 Å². The number of hydrogen-bond acceptors (Lipinski definition) is 2. The number of para-hydroxylation sites is 1. The summed E-state index contributed by atoms with van der Waals surface area (Å²) in [5.74, 6) is 0. The Hall–Kier alpha value is -1.01. The van der Waals surface area contributed by atoms with Crippen LogP contribution >= 0.6 is 15.9 Å². The van der Waals surface area contributed by atoms with Gasteiger partial charge >= 0.3 is 0 Å². The van der Waals surface area contributed by atoms with Gasteiger partial charge in [0.2, 0.25) is 0 Å². The van der Waals surface area contributed by atoms with Crippen LogP contribution in [0.4, 0.5) is 8.78 Å². The van der Waals surface area contributed by atoms with E-state index < -0.39 is 6.43 Å². The van der Waals surface area contributed by atoms with Gasteiger partial charge in [0.15, 0.2) is 0 Å². The number of alkyl halides is 3. The highest BCUT2D eigenvalue weighted by molar-refractivity contribution is 9.09. The second-order valence-electron chi connectivity index (χ2n) is 4.59. The normalized spacial score (nSPS) is 11.9. The molecular formula is C14H18BrF2N3. The second kappa shape index (κ2) is 7.13. The van der Waals surface area contributed by atoms with Crippen LogP contribution in [-0.4, -0.2) is 39.5 Å². The Bertz CT molecular complexity index is 556. The molecule has 110 valence electrons. The number of fused-ring (bicyclic) bond motifs is 1. The molecular weight excluding hydrogens is 328 g/mol. The SMILES string of the molecule is CCn1nc(CN(CCBr)CC(F)F)c2ccccc21. The molecule has 0 unspecified atom stereocenters. The van der Waals surface area contributed by atoms with Crippen LogP contribution in [0.25, 0.3) is 10.9 Å². The zero-order valence-corrected chi connectivity index (χ0v) is 13.0. The van der Waals surface area contributed by atoms with Crippen LogP contribution in [0.15, 0.2) is 24.3 Å². The maximum Gasteiger partial charge on any atom is 0.251 e. The third kappa shape index (κ3) is 3.55. The van der Waals surface area contributed by atoms with Gasteiger partial charge in [0.25, 0.3) is 6.43 Å². The first kappa shape index (κ1) is 15.4. The van der Waals surface area contributed by atoms with Gasteiger partial charge in [-0.05, 0) is 13.0 Å². The maximum absolute atomic E-state index is 12.6. The van der Waals surface area contributed by atoms with Crippen molar-refractivity contribution in [2.75, 3.05) is 18.4 Å². The molecule has 6 heteroatoms. The summed E-state index contributed by atoms with van der Waals surface area (Å²) < 4.78 is 27.1. The molecule has 0 saturated heterocycles. The van der Waals surface area contributed by atoms with Crippen molar-refractivity contribution in [3.05, 3.63) is 30.0 Å². The van der Waals surface area contributed by atoms with Gasteiger partial charge in [0, 0.05) is 30.4 Å². The molecule has 0 spiro atoms. The molecule has 2 rings (SSSR count). The van der Waals surface area contributed by atoms with Crippen LogP contribution in [0.3, 0.4) is 0 Å². The van der Waals surface area contributed by atoms with Gasteiger partial charge in [-0.2, -0.15) is 5.10 Å². The molecule has 0 aliphatic rings. The number of aromatic nitrogens is 2. The number of nitrogens with zero attached hydrogens (tertiary/aromatic N) is 3. The summed E-state index contributed by atoms with van der Waals surface area (Å²) in [5.41, 5.74) is 1.92. The Kier molecular flexibility index (Phi) is 5.48. The van der Waals surface area contributed by atoms with E-state index >= 15 is 0 Å². The lowest BCUT2D eigenvalue weighted by molar-refractivity contribution is 0.0876. The predicted octanol–water partition coefficient (Wildman–Crippen LogP) is 3.52. The maximum atomic E-state index is 12.6. The van der Waals surface area contributed by atoms with E-state index in [2.05, 4.69) is 21.0 Å². The summed E-state index contributed by atoms with van der Waals surface area (Å²) in [6.07, 6.45) is -2.33. The Balaban J connectivity index is 2.27. The molecule has 1 aromatic carbocycles. The first-order chi connectivity index (χ1) is 9.65. The molecule has 0 atom stereocenters. The van der Waals surface area contributed by atoms with Crippen molar-refractivity contribution >= 4 is 26.8 Å². The van der Waals surface area contributed by atoms with Crippen molar-refractivity contribution in [3.63, 3.8) is 0 Å². The third-order valence-electron chi connectivity index (χ3n) is 3.20. The van der Waals surface area contributed by atoms with Gasteiger partial charge < -0.3 is 0 Å². The van der Waals surface area contributed by atoms with Crippen molar-refractivity contribution in [2.24, 2.45) is 0 Å². The summed E-state index contributed by atoms with van der Waals surface area (Å²) in [5, 5.41) is 6.27. The Morgan fingerprint density at radius 3 is 2.75 bits per heavy atom. The molecule has 20 heavy (non-hydrogen) atoms. The standard InChI is InChI=1S/C14H18BrF2N3/c1-2-20-13-6-4-3-5-11(13)12(18-20)9-19(8-7-15)10-14(16)17/h3-6,14H,2,7-10H2,1H3. The third-order valence-corrected chi connectivity index (χ3v) is 3.56. The summed E-state index contributed by atoms with van der Waals surface area (Å²) in [7, 11) is 0. The summed E-state index contributed by atoms with van der Waals surface area (Å²) in [6.45, 7) is 3.60. The molecule has 2 aromatic rings. The average Bonchev–Trinajstić information content (AvgIpc) is 2.77. The largest absolute Gasteiger partial charge is 0.291 e. The van der Waals surface area contributed by atoms with Crippen molar-refractivity contribution < 1.29 is 8.78 Å². The molecule has 0 bridgehead atoms. The van der Waals surface area contributed by atoms with Gasteiger partial charge in [-0.1, -0.05) is 34.1 Å². The summed E-state index contributed by atoms with van der Waals surface area (Å²) in [6, 6.07) is 7.93. The minimum atomic E-state index is -2.33. The van der Waals surface area contributed by atoms with Crippen molar-refractivity contribution in [2.45, 2.75) is 26.4 Å². The fourth-order valence-electron chi connectivity index (χ4n) is 2.32. The highest BCUT2D eigenvalue weighted by Gasteiger charge is 2.16. The number of benzene rings is 1. The Labute approximate surface area is 125 Å². The summed E-state index contributed by atoms with van der Waals surface area (Å²) in [4.78, 5) is 1.73. The van der Waals surface area contributed by atoms with E-state index in [9.17, 15) is 8.78 Å². The monoisotopic (exact) mass is 345 g/mol. The van der Waals surface area contributed by atoms with E-state index in [0.717, 1.165) is 23.1 Å².